The zero-order chi connectivity index (χ0) is 23.3. The van der Waals surface area contributed by atoms with Crippen molar-refractivity contribution in [3.8, 4) is 5.75 Å². The summed E-state index contributed by atoms with van der Waals surface area (Å²) in [6.07, 6.45) is 2.15. The Balaban J connectivity index is 1.20. The molecule has 34 heavy (non-hydrogen) atoms. The summed E-state index contributed by atoms with van der Waals surface area (Å²) < 4.78 is 8.23. The Kier molecular flexibility index (Phi) is 6.58. The summed E-state index contributed by atoms with van der Waals surface area (Å²) in [5, 5.41) is 9.00. The number of carboxylic acid groups (broad SMARTS) is 1. The second-order valence-electron chi connectivity index (χ2n) is 8.82. The fourth-order valence-electron chi connectivity index (χ4n) is 4.74. The molecule has 0 saturated carbocycles. The number of carboxylic acids is 1. The molecule has 0 spiro atoms. The van der Waals surface area contributed by atoms with Crippen molar-refractivity contribution in [2.75, 3.05) is 26.2 Å². The van der Waals surface area contributed by atoms with Crippen LogP contribution in [-0.2, 0) is 6.54 Å². The summed E-state index contributed by atoms with van der Waals surface area (Å²) in [6.45, 7) is 4.31. The number of aromatic carboxylic acids is 1. The first-order valence-corrected chi connectivity index (χ1v) is 11.8. The number of hydrogen-bond acceptors (Lipinski definition) is 4. The van der Waals surface area contributed by atoms with Crippen LogP contribution in [0.1, 0.15) is 40.5 Å². The molecule has 0 unspecified atom stereocenters. The van der Waals surface area contributed by atoms with Crippen molar-refractivity contribution in [1.29, 1.82) is 0 Å². The van der Waals surface area contributed by atoms with E-state index in [2.05, 4.69) is 64.1 Å². The highest BCUT2D eigenvalue weighted by molar-refractivity contribution is 5.87. The van der Waals surface area contributed by atoms with Crippen LogP contribution >= 0.6 is 0 Å². The summed E-state index contributed by atoms with van der Waals surface area (Å²) in [5.74, 6) is 1.41. The van der Waals surface area contributed by atoms with Crippen LogP contribution in [0.5, 0.6) is 5.75 Å². The Morgan fingerprint density at radius 2 is 1.65 bits per heavy atom. The lowest BCUT2D eigenvalue weighted by Gasteiger charge is -2.31. The minimum atomic E-state index is -0.924. The third kappa shape index (κ3) is 4.97. The van der Waals surface area contributed by atoms with Gasteiger partial charge in [-0.3, -0.25) is 4.90 Å². The molecule has 0 atom stereocenters. The maximum Gasteiger partial charge on any atom is 0.335 e. The first-order chi connectivity index (χ1) is 16.7. The molecule has 1 aliphatic heterocycles. The topological polar surface area (TPSA) is 67.6 Å². The molecule has 0 radical (unpaired) electrons. The number of imidazole rings is 1. The molecule has 3 aromatic carbocycles. The van der Waals surface area contributed by atoms with E-state index < -0.39 is 5.97 Å². The quantitative estimate of drug-likeness (QED) is 0.403. The number of aromatic nitrogens is 2. The van der Waals surface area contributed by atoms with Crippen LogP contribution < -0.4 is 4.74 Å². The second kappa shape index (κ2) is 10.1. The number of benzene rings is 3. The SMILES string of the molecule is O=C(O)c1ccc(OCCN2CCC(c3nc4ccccc4n3Cc3ccccc3)CC2)cc1. The minimum absolute atomic E-state index is 0.271. The average Bonchev–Trinajstić information content (AvgIpc) is 3.24. The van der Waals surface area contributed by atoms with Crippen molar-refractivity contribution in [2.45, 2.75) is 25.3 Å². The molecule has 6 heteroatoms. The molecule has 0 aliphatic carbocycles. The maximum atomic E-state index is 11.0. The molecule has 174 valence electrons. The fourth-order valence-corrected chi connectivity index (χ4v) is 4.74. The molecule has 2 heterocycles. The molecular weight excluding hydrogens is 426 g/mol. The highest BCUT2D eigenvalue weighted by atomic mass is 16.5. The zero-order valence-electron chi connectivity index (χ0n) is 19.1. The molecule has 1 N–H and O–H groups in total. The molecule has 0 amide bonds. The number of piperidine rings is 1. The number of likely N-dealkylation sites (tertiary alicyclic amines) is 1. The predicted molar refractivity (Wildman–Crippen MR) is 133 cm³/mol. The van der Waals surface area contributed by atoms with E-state index in [1.807, 2.05) is 0 Å². The van der Waals surface area contributed by atoms with E-state index >= 15 is 0 Å². The fraction of sp³-hybridized carbons (Fsp3) is 0.286. The van der Waals surface area contributed by atoms with E-state index in [9.17, 15) is 4.79 Å². The zero-order valence-corrected chi connectivity index (χ0v) is 19.1. The van der Waals surface area contributed by atoms with Gasteiger partial charge in [-0.05, 0) is 67.9 Å². The van der Waals surface area contributed by atoms with E-state index in [1.165, 1.54) is 16.9 Å². The Morgan fingerprint density at radius 1 is 0.941 bits per heavy atom. The number of rotatable bonds is 8. The van der Waals surface area contributed by atoms with Gasteiger partial charge in [-0.15, -0.1) is 0 Å². The van der Waals surface area contributed by atoms with Gasteiger partial charge in [0.25, 0.3) is 0 Å². The molecule has 1 aliphatic rings. The van der Waals surface area contributed by atoms with Gasteiger partial charge in [-0.1, -0.05) is 42.5 Å². The van der Waals surface area contributed by atoms with Gasteiger partial charge in [0.2, 0.25) is 0 Å². The first-order valence-electron chi connectivity index (χ1n) is 11.8. The maximum absolute atomic E-state index is 11.0. The van der Waals surface area contributed by atoms with E-state index in [1.54, 1.807) is 24.3 Å². The van der Waals surface area contributed by atoms with Crippen LogP contribution in [-0.4, -0.2) is 51.8 Å². The summed E-state index contributed by atoms with van der Waals surface area (Å²) in [6, 6.07) is 25.6. The van der Waals surface area contributed by atoms with Gasteiger partial charge in [0, 0.05) is 19.0 Å². The summed E-state index contributed by atoms with van der Waals surface area (Å²) in [4.78, 5) is 18.5. The van der Waals surface area contributed by atoms with Gasteiger partial charge >= 0.3 is 5.97 Å². The lowest BCUT2D eigenvalue weighted by molar-refractivity contribution is 0.0697. The lowest BCUT2D eigenvalue weighted by Crippen LogP contribution is -2.36. The Labute approximate surface area is 199 Å². The molecule has 5 rings (SSSR count). The van der Waals surface area contributed by atoms with Crippen molar-refractivity contribution in [3.63, 3.8) is 0 Å². The Morgan fingerprint density at radius 3 is 2.38 bits per heavy atom. The molecule has 1 fully saturated rings. The molecule has 6 nitrogen and oxygen atoms in total. The molecule has 1 aromatic heterocycles. The number of hydrogen-bond donors (Lipinski definition) is 1. The van der Waals surface area contributed by atoms with Crippen molar-refractivity contribution in [2.24, 2.45) is 0 Å². The normalized spacial score (nSPS) is 14.9. The van der Waals surface area contributed by atoms with Gasteiger partial charge in [0.15, 0.2) is 0 Å². The van der Waals surface area contributed by atoms with Crippen LogP contribution in [0.3, 0.4) is 0 Å². The first kappa shape index (κ1) is 22.2. The van der Waals surface area contributed by atoms with Crippen LogP contribution in [0.2, 0.25) is 0 Å². The van der Waals surface area contributed by atoms with Gasteiger partial charge in [-0.25, -0.2) is 9.78 Å². The van der Waals surface area contributed by atoms with Gasteiger partial charge in [0.05, 0.1) is 16.6 Å². The van der Waals surface area contributed by atoms with Crippen LogP contribution in [0, 0.1) is 0 Å². The molecule has 1 saturated heterocycles. The Hall–Kier alpha value is -3.64. The highest BCUT2D eigenvalue weighted by Gasteiger charge is 2.25. The van der Waals surface area contributed by atoms with Gasteiger partial charge in [-0.2, -0.15) is 0 Å². The number of ether oxygens (including phenoxy) is 1. The molecule has 0 bridgehead atoms. The largest absolute Gasteiger partial charge is 0.492 e. The minimum Gasteiger partial charge on any atom is -0.492 e. The number of nitrogens with zero attached hydrogens (tertiary/aromatic N) is 3. The van der Waals surface area contributed by atoms with Gasteiger partial charge in [0.1, 0.15) is 18.2 Å². The van der Waals surface area contributed by atoms with Crippen molar-refractivity contribution < 1.29 is 14.6 Å². The predicted octanol–water partition coefficient (Wildman–Crippen LogP) is 5.04. The monoisotopic (exact) mass is 455 g/mol. The summed E-state index contributed by atoms with van der Waals surface area (Å²) >= 11 is 0. The van der Waals surface area contributed by atoms with Crippen LogP contribution in [0.4, 0.5) is 0 Å². The Bertz CT molecular complexity index is 1240. The summed E-state index contributed by atoms with van der Waals surface area (Å²) in [7, 11) is 0. The standard InChI is InChI=1S/C28H29N3O3/c32-28(33)23-10-12-24(13-11-23)34-19-18-30-16-14-22(15-17-30)27-29-25-8-4-5-9-26(25)31(27)20-21-6-2-1-3-7-21/h1-13,22H,14-20H2,(H,32,33). The lowest BCUT2D eigenvalue weighted by atomic mass is 9.95. The number of fused-ring (bicyclic) bond motifs is 1. The molecule has 4 aromatic rings. The number of para-hydroxylation sites is 2. The third-order valence-electron chi connectivity index (χ3n) is 6.60. The smallest absolute Gasteiger partial charge is 0.335 e. The third-order valence-corrected chi connectivity index (χ3v) is 6.60. The van der Waals surface area contributed by atoms with E-state index in [0.717, 1.165) is 44.5 Å². The number of carbonyl (C=O) groups is 1. The summed E-state index contributed by atoms with van der Waals surface area (Å²) in [5.41, 5.74) is 3.83. The highest BCUT2D eigenvalue weighted by Crippen LogP contribution is 2.31. The molecular formula is C28H29N3O3. The van der Waals surface area contributed by atoms with E-state index in [-0.39, 0.29) is 5.56 Å². The van der Waals surface area contributed by atoms with Crippen molar-refractivity contribution in [3.05, 3.63) is 95.8 Å². The van der Waals surface area contributed by atoms with E-state index in [0.29, 0.717) is 18.3 Å². The van der Waals surface area contributed by atoms with Crippen molar-refractivity contribution in [1.82, 2.24) is 14.5 Å². The van der Waals surface area contributed by atoms with Crippen LogP contribution in [0.15, 0.2) is 78.9 Å². The average molecular weight is 456 g/mol. The second-order valence-corrected chi connectivity index (χ2v) is 8.82. The van der Waals surface area contributed by atoms with E-state index in [4.69, 9.17) is 14.8 Å². The van der Waals surface area contributed by atoms with Gasteiger partial charge < -0.3 is 14.4 Å². The van der Waals surface area contributed by atoms with Crippen molar-refractivity contribution >= 4 is 17.0 Å². The van der Waals surface area contributed by atoms with Crippen LogP contribution in [0.25, 0.3) is 11.0 Å².